The van der Waals surface area contributed by atoms with Crippen molar-refractivity contribution >= 4 is 31.9 Å². The minimum absolute atomic E-state index is 0.883. The lowest BCUT2D eigenvalue weighted by Gasteiger charge is -2.20. The highest BCUT2D eigenvalue weighted by molar-refractivity contribution is 9.12. The molecule has 10 heavy (non-hydrogen) atoms. The molecule has 1 atom stereocenters. The van der Waals surface area contributed by atoms with E-state index in [9.17, 15) is 0 Å². The molecule has 0 aliphatic heterocycles. The van der Waals surface area contributed by atoms with Crippen LogP contribution in [0.3, 0.4) is 0 Å². The number of hydrogen-bond acceptors (Lipinski definition) is 0. The highest BCUT2D eigenvalue weighted by Crippen LogP contribution is 2.33. The Morgan fingerprint density at radius 2 is 2.30 bits per heavy atom. The van der Waals surface area contributed by atoms with Crippen molar-refractivity contribution in [2.24, 2.45) is 5.92 Å². The number of alkyl halides is 1. The van der Waals surface area contributed by atoms with E-state index in [1.54, 1.807) is 5.57 Å². The lowest BCUT2D eigenvalue weighted by atomic mass is 9.91. The van der Waals surface area contributed by atoms with Crippen LogP contribution < -0.4 is 0 Å². The van der Waals surface area contributed by atoms with E-state index in [1.165, 1.54) is 23.7 Å². The summed E-state index contributed by atoms with van der Waals surface area (Å²) in [5, 5.41) is 1.04. The highest BCUT2D eigenvalue weighted by Gasteiger charge is 2.14. The molecule has 1 aliphatic rings. The largest absolute Gasteiger partial charge is 0.0880 e. The summed E-state index contributed by atoms with van der Waals surface area (Å²) in [5.74, 6) is 0.883. The van der Waals surface area contributed by atoms with Gasteiger partial charge in [-0.05, 0) is 35.2 Å². The molecule has 2 heteroatoms. The predicted molar refractivity (Wildman–Crippen MR) is 52.8 cm³/mol. The summed E-state index contributed by atoms with van der Waals surface area (Å²) in [4.78, 5) is 0. The van der Waals surface area contributed by atoms with E-state index in [4.69, 9.17) is 0 Å². The SMILES string of the molecule is C[C@@H]1CCC(Br)=C(CBr)C1. The summed E-state index contributed by atoms with van der Waals surface area (Å²) in [6.45, 7) is 2.32. The number of hydrogen-bond donors (Lipinski definition) is 0. The minimum atomic E-state index is 0.883. The quantitative estimate of drug-likeness (QED) is 0.633. The van der Waals surface area contributed by atoms with Gasteiger partial charge in [-0.25, -0.2) is 0 Å². The van der Waals surface area contributed by atoms with Gasteiger partial charge in [0, 0.05) is 5.33 Å². The van der Waals surface area contributed by atoms with Crippen LogP contribution in [-0.4, -0.2) is 5.33 Å². The molecule has 0 aromatic heterocycles. The van der Waals surface area contributed by atoms with Gasteiger partial charge in [0.2, 0.25) is 0 Å². The topological polar surface area (TPSA) is 0 Å². The Kier molecular flexibility index (Phi) is 3.44. The summed E-state index contributed by atoms with van der Waals surface area (Å²) in [5.41, 5.74) is 1.55. The summed E-state index contributed by atoms with van der Waals surface area (Å²) >= 11 is 7.08. The van der Waals surface area contributed by atoms with Gasteiger partial charge in [0.25, 0.3) is 0 Å². The van der Waals surface area contributed by atoms with Gasteiger partial charge in [-0.1, -0.05) is 38.8 Å². The average Bonchev–Trinajstić information content (AvgIpc) is 1.94. The maximum atomic E-state index is 3.59. The van der Waals surface area contributed by atoms with Gasteiger partial charge < -0.3 is 0 Å². The van der Waals surface area contributed by atoms with Crippen molar-refractivity contribution in [3.05, 3.63) is 10.1 Å². The first-order valence-corrected chi connectivity index (χ1v) is 5.58. The first-order chi connectivity index (χ1) is 4.74. The second-order valence-corrected chi connectivity index (χ2v) is 4.51. The van der Waals surface area contributed by atoms with Crippen LogP contribution in [0.4, 0.5) is 0 Å². The molecule has 0 aromatic rings. The Morgan fingerprint density at radius 3 is 2.80 bits per heavy atom. The van der Waals surface area contributed by atoms with Crippen LogP contribution in [0.25, 0.3) is 0 Å². The zero-order chi connectivity index (χ0) is 7.56. The Bertz CT molecular complexity index is 149. The Hall–Kier alpha value is 0.700. The van der Waals surface area contributed by atoms with Crippen LogP contribution in [-0.2, 0) is 0 Å². The smallest absolute Gasteiger partial charge is 0.0252 e. The Labute approximate surface area is 79.3 Å². The van der Waals surface area contributed by atoms with Crippen molar-refractivity contribution in [3.63, 3.8) is 0 Å². The Morgan fingerprint density at radius 1 is 1.60 bits per heavy atom. The molecular formula is C8H12Br2. The van der Waals surface area contributed by atoms with Crippen molar-refractivity contribution < 1.29 is 0 Å². The van der Waals surface area contributed by atoms with Crippen molar-refractivity contribution in [3.8, 4) is 0 Å². The van der Waals surface area contributed by atoms with E-state index < -0.39 is 0 Å². The lowest BCUT2D eigenvalue weighted by molar-refractivity contribution is 0.508. The molecule has 0 saturated carbocycles. The van der Waals surface area contributed by atoms with Gasteiger partial charge in [-0.15, -0.1) is 0 Å². The maximum absolute atomic E-state index is 3.59. The molecule has 0 bridgehead atoms. The average molecular weight is 268 g/mol. The van der Waals surface area contributed by atoms with Crippen molar-refractivity contribution in [1.29, 1.82) is 0 Å². The zero-order valence-corrected chi connectivity index (χ0v) is 9.33. The number of halogens is 2. The number of rotatable bonds is 1. The predicted octanol–water partition coefficient (Wildman–Crippen LogP) is 3.85. The molecule has 0 amide bonds. The van der Waals surface area contributed by atoms with Gasteiger partial charge in [0.05, 0.1) is 0 Å². The van der Waals surface area contributed by atoms with Crippen LogP contribution in [0.1, 0.15) is 26.2 Å². The summed E-state index contributed by atoms with van der Waals surface area (Å²) in [6, 6.07) is 0. The van der Waals surface area contributed by atoms with E-state index in [-0.39, 0.29) is 0 Å². The standard InChI is InChI=1S/C8H12Br2/c1-6-2-3-8(10)7(4-6)5-9/h6H,2-5H2,1H3/t6-/m1/s1. The molecule has 58 valence electrons. The fraction of sp³-hybridized carbons (Fsp3) is 0.750. The third-order valence-corrected chi connectivity index (χ3v) is 3.63. The van der Waals surface area contributed by atoms with E-state index >= 15 is 0 Å². The zero-order valence-electron chi connectivity index (χ0n) is 6.16. The van der Waals surface area contributed by atoms with Gasteiger partial charge in [0.1, 0.15) is 0 Å². The lowest BCUT2D eigenvalue weighted by Crippen LogP contribution is -2.05. The normalized spacial score (nSPS) is 27.3. The van der Waals surface area contributed by atoms with Gasteiger partial charge in [-0.3, -0.25) is 0 Å². The third-order valence-electron chi connectivity index (χ3n) is 2.00. The van der Waals surface area contributed by atoms with Crippen molar-refractivity contribution in [2.45, 2.75) is 26.2 Å². The summed E-state index contributed by atoms with van der Waals surface area (Å²) in [7, 11) is 0. The van der Waals surface area contributed by atoms with E-state index in [1.807, 2.05) is 0 Å². The van der Waals surface area contributed by atoms with Gasteiger partial charge in [-0.2, -0.15) is 0 Å². The maximum Gasteiger partial charge on any atom is 0.0252 e. The molecule has 0 N–H and O–H groups in total. The first-order valence-electron chi connectivity index (χ1n) is 3.66. The van der Waals surface area contributed by atoms with E-state index in [0.29, 0.717) is 0 Å². The fourth-order valence-corrected chi connectivity index (χ4v) is 2.78. The van der Waals surface area contributed by atoms with Crippen LogP contribution in [0, 0.1) is 5.92 Å². The van der Waals surface area contributed by atoms with E-state index in [0.717, 1.165) is 11.2 Å². The molecule has 0 heterocycles. The molecule has 0 aromatic carbocycles. The highest BCUT2D eigenvalue weighted by atomic mass is 79.9. The molecule has 1 aliphatic carbocycles. The second-order valence-electron chi connectivity index (χ2n) is 2.99. The minimum Gasteiger partial charge on any atom is -0.0880 e. The Balaban J connectivity index is 2.62. The molecule has 1 rings (SSSR count). The summed E-state index contributed by atoms with van der Waals surface area (Å²) in [6.07, 6.45) is 3.85. The summed E-state index contributed by atoms with van der Waals surface area (Å²) < 4.78 is 1.43. The molecular weight excluding hydrogens is 256 g/mol. The molecule has 0 saturated heterocycles. The molecule has 0 radical (unpaired) electrons. The van der Waals surface area contributed by atoms with Crippen LogP contribution in [0.15, 0.2) is 10.1 Å². The van der Waals surface area contributed by atoms with E-state index in [2.05, 4.69) is 38.8 Å². The van der Waals surface area contributed by atoms with Gasteiger partial charge >= 0.3 is 0 Å². The van der Waals surface area contributed by atoms with Gasteiger partial charge in [0.15, 0.2) is 0 Å². The first kappa shape index (κ1) is 8.79. The van der Waals surface area contributed by atoms with Crippen molar-refractivity contribution in [2.75, 3.05) is 5.33 Å². The van der Waals surface area contributed by atoms with Crippen LogP contribution in [0.5, 0.6) is 0 Å². The molecule has 0 fully saturated rings. The fourth-order valence-electron chi connectivity index (χ4n) is 1.31. The molecule has 0 unspecified atom stereocenters. The number of allylic oxidation sites excluding steroid dienone is 2. The van der Waals surface area contributed by atoms with Crippen molar-refractivity contribution in [1.82, 2.24) is 0 Å². The monoisotopic (exact) mass is 266 g/mol. The van der Waals surface area contributed by atoms with Crippen LogP contribution in [0.2, 0.25) is 0 Å². The third kappa shape index (κ3) is 2.09. The second kappa shape index (κ2) is 3.91. The van der Waals surface area contributed by atoms with Crippen LogP contribution >= 0.6 is 31.9 Å². The molecule has 0 nitrogen and oxygen atoms in total. The molecule has 0 spiro atoms.